The van der Waals surface area contributed by atoms with Gasteiger partial charge in [-0.2, -0.15) is 0 Å². The van der Waals surface area contributed by atoms with E-state index >= 15 is 0 Å². The zero-order valence-electron chi connectivity index (χ0n) is 31.1. The topological polar surface area (TPSA) is 6.48 Å². The third kappa shape index (κ3) is 6.80. The van der Waals surface area contributed by atoms with Gasteiger partial charge in [0.1, 0.15) is 6.17 Å². The highest BCUT2D eigenvalue weighted by atomic mass is 31.1. The second-order valence-corrected chi connectivity index (χ2v) is 19.1. The van der Waals surface area contributed by atoms with Gasteiger partial charge in [-0.1, -0.05) is 112 Å². The molecule has 2 aromatic carbocycles. The minimum atomic E-state index is -0.286. The lowest BCUT2D eigenvalue weighted by molar-refractivity contribution is 0.397. The van der Waals surface area contributed by atoms with Crippen molar-refractivity contribution in [2.45, 2.75) is 168 Å². The summed E-state index contributed by atoms with van der Waals surface area (Å²) in [6, 6.07) is 9.71. The van der Waals surface area contributed by atoms with Crippen LogP contribution in [0.3, 0.4) is 0 Å². The van der Waals surface area contributed by atoms with E-state index in [1.165, 1.54) is 140 Å². The third-order valence-corrected chi connectivity index (χ3v) is 16.2. The fourth-order valence-corrected chi connectivity index (χ4v) is 15.6. The summed E-state index contributed by atoms with van der Waals surface area (Å²) in [4.78, 5) is 5.62. The number of rotatable bonds is 7. The summed E-state index contributed by atoms with van der Waals surface area (Å²) in [5.41, 5.74) is 16.2. The van der Waals surface area contributed by atoms with Crippen molar-refractivity contribution in [3.05, 3.63) is 93.3 Å². The van der Waals surface area contributed by atoms with Gasteiger partial charge in [-0.15, -0.1) is 0 Å². The van der Waals surface area contributed by atoms with E-state index in [0.29, 0.717) is 0 Å². The van der Waals surface area contributed by atoms with Gasteiger partial charge in [0.25, 0.3) is 0 Å². The van der Waals surface area contributed by atoms with E-state index < -0.39 is 0 Å². The molecule has 3 saturated carbocycles. The van der Waals surface area contributed by atoms with Crippen LogP contribution in [0, 0.1) is 41.5 Å². The highest BCUT2D eigenvalue weighted by Gasteiger charge is 2.58. The predicted octanol–water partition coefficient (Wildman–Crippen LogP) is 13.0. The molecule has 3 heteroatoms. The van der Waals surface area contributed by atoms with Gasteiger partial charge in [-0.05, 0) is 134 Å². The van der Waals surface area contributed by atoms with E-state index in [2.05, 4.69) is 114 Å². The molecule has 0 saturated heterocycles. The normalized spacial score (nSPS) is 24.1. The van der Waals surface area contributed by atoms with Crippen LogP contribution in [0.15, 0.2) is 60.0 Å². The fourth-order valence-electron chi connectivity index (χ4n) is 10.4. The number of hydrogen-bond donors (Lipinski definition) is 0. The highest BCUT2D eigenvalue weighted by molar-refractivity contribution is 7.61. The maximum atomic E-state index is 2.81. The van der Waals surface area contributed by atoms with Crippen molar-refractivity contribution in [3.8, 4) is 0 Å². The first kappa shape index (κ1) is 34.5. The Morgan fingerprint density at radius 2 is 1.09 bits per heavy atom. The van der Waals surface area contributed by atoms with Crippen molar-refractivity contribution in [1.82, 2.24) is 0 Å². The number of anilines is 2. The van der Waals surface area contributed by atoms with Crippen molar-refractivity contribution in [2.24, 2.45) is 0 Å². The zero-order valence-corrected chi connectivity index (χ0v) is 32.0. The van der Waals surface area contributed by atoms with E-state index in [1.54, 1.807) is 5.57 Å². The van der Waals surface area contributed by atoms with Crippen molar-refractivity contribution in [2.75, 3.05) is 9.80 Å². The second-order valence-electron chi connectivity index (χ2n) is 16.0. The molecule has 0 amide bonds. The van der Waals surface area contributed by atoms with Gasteiger partial charge in [0.05, 0.1) is 5.16 Å². The smallest absolute Gasteiger partial charge is 0.123 e. The molecule has 1 atom stereocenters. The number of nitrogens with zero attached hydrogens (tertiary/aromatic N) is 2. The van der Waals surface area contributed by atoms with Crippen molar-refractivity contribution >= 4 is 19.3 Å². The van der Waals surface area contributed by atoms with Crippen molar-refractivity contribution in [3.63, 3.8) is 0 Å². The van der Waals surface area contributed by atoms with Crippen LogP contribution in [0.2, 0.25) is 0 Å². The summed E-state index contributed by atoms with van der Waals surface area (Å²) in [5.74, 6) is 0. The summed E-state index contributed by atoms with van der Waals surface area (Å²) in [7, 11) is -0.286. The van der Waals surface area contributed by atoms with Gasteiger partial charge < -0.3 is 9.80 Å². The standard InChI is InChI=1S/C44H63N2P/c1-31(2)22-23-38-17-15-16-24-44(38,47(39-18-11-9-12-19-39)40-20-13-10-14-21-40)43-45(41-34(5)27-32(3)28-35(41)6)25-26-46(43)42-36(7)29-33(4)30-37(42)8/h22-23,25-30,39-40,43H,9-21,24H2,1-8H3. The Morgan fingerprint density at radius 1 is 0.638 bits per heavy atom. The van der Waals surface area contributed by atoms with E-state index in [9.17, 15) is 0 Å². The van der Waals surface area contributed by atoms with Gasteiger partial charge in [-0.3, -0.25) is 0 Å². The van der Waals surface area contributed by atoms with E-state index in [0.717, 1.165) is 11.3 Å². The largest absolute Gasteiger partial charge is 0.324 e. The van der Waals surface area contributed by atoms with Gasteiger partial charge in [0.2, 0.25) is 0 Å². The molecule has 1 heterocycles. The van der Waals surface area contributed by atoms with Crippen molar-refractivity contribution in [1.29, 1.82) is 0 Å². The molecule has 4 aliphatic rings. The maximum absolute atomic E-state index is 2.81. The Hall–Kier alpha value is -2.31. The van der Waals surface area contributed by atoms with Gasteiger partial charge in [0.15, 0.2) is 0 Å². The summed E-state index contributed by atoms with van der Waals surface area (Å²) in [6.07, 6.45) is 30.0. The molecule has 0 aromatic heterocycles. The molecule has 0 bridgehead atoms. The molecule has 0 spiro atoms. The molecule has 254 valence electrons. The van der Waals surface area contributed by atoms with E-state index in [-0.39, 0.29) is 19.2 Å². The molecule has 47 heavy (non-hydrogen) atoms. The minimum absolute atomic E-state index is 0.126. The van der Waals surface area contributed by atoms with Crippen LogP contribution in [0.1, 0.15) is 137 Å². The Kier molecular flexibility index (Phi) is 10.8. The third-order valence-electron chi connectivity index (χ3n) is 12.0. The van der Waals surface area contributed by atoms with Gasteiger partial charge >= 0.3 is 0 Å². The van der Waals surface area contributed by atoms with Gasteiger partial charge in [-0.25, -0.2) is 0 Å². The zero-order chi connectivity index (χ0) is 33.3. The Balaban J connectivity index is 1.67. The minimum Gasteiger partial charge on any atom is -0.324 e. The average Bonchev–Trinajstić information content (AvgIpc) is 3.45. The molecule has 2 aromatic rings. The highest BCUT2D eigenvalue weighted by Crippen LogP contribution is 2.71. The fraction of sp³-hybridized carbons (Fsp3) is 0.591. The number of allylic oxidation sites excluding steroid dienone is 3. The van der Waals surface area contributed by atoms with E-state index in [4.69, 9.17) is 0 Å². The molecule has 0 radical (unpaired) electrons. The molecule has 3 fully saturated rings. The van der Waals surface area contributed by atoms with Crippen LogP contribution in [0.4, 0.5) is 11.4 Å². The lowest BCUT2D eigenvalue weighted by Crippen LogP contribution is -2.60. The monoisotopic (exact) mass is 650 g/mol. The van der Waals surface area contributed by atoms with Gasteiger partial charge in [0, 0.05) is 23.8 Å². The molecule has 0 N–H and O–H groups in total. The second kappa shape index (κ2) is 14.7. The molecular formula is C44H63N2P. The number of aryl methyl sites for hydroxylation is 6. The lowest BCUT2D eigenvalue weighted by Gasteiger charge is -2.59. The molecule has 6 rings (SSSR count). The van der Waals surface area contributed by atoms with Crippen molar-refractivity contribution < 1.29 is 0 Å². The lowest BCUT2D eigenvalue weighted by atomic mass is 9.79. The van der Waals surface area contributed by atoms with Crippen LogP contribution < -0.4 is 9.80 Å². The van der Waals surface area contributed by atoms with Crippen LogP contribution in [0.5, 0.6) is 0 Å². The SMILES string of the molecule is CC(C)=CC=C1CCCCC1(C1N(c2c(C)cc(C)cc2C)C=CN1c1c(C)cc(C)cc1C)P(C1CCCCC1)C1CCCCC1. The molecule has 3 aliphatic carbocycles. The number of benzene rings is 2. The summed E-state index contributed by atoms with van der Waals surface area (Å²) < 4.78 is 0. The first-order chi connectivity index (χ1) is 22.6. The molecule has 2 nitrogen and oxygen atoms in total. The van der Waals surface area contributed by atoms with E-state index in [1.807, 2.05) is 0 Å². The maximum Gasteiger partial charge on any atom is 0.123 e. The first-order valence-electron chi connectivity index (χ1n) is 19.2. The quantitative estimate of drug-likeness (QED) is 0.275. The van der Waals surface area contributed by atoms with Crippen LogP contribution in [-0.2, 0) is 0 Å². The molecule has 1 aliphatic heterocycles. The number of hydrogen-bond acceptors (Lipinski definition) is 2. The average molecular weight is 651 g/mol. The molecule has 1 unspecified atom stereocenters. The first-order valence-corrected chi connectivity index (χ1v) is 20.6. The molecular weight excluding hydrogens is 587 g/mol. The Bertz CT molecular complexity index is 1380. The van der Waals surface area contributed by atoms with Crippen LogP contribution in [-0.4, -0.2) is 22.6 Å². The Morgan fingerprint density at radius 3 is 1.51 bits per heavy atom. The Labute approximate surface area is 289 Å². The van der Waals surface area contributed by atoms with Crippen LogP contribution in [0.25, 0.3) is 0 Å². The summed E-state index contributed by atoms with van der Waals surface area (Å²) in [6.45, 7) is 18.6. The predicted molar refractivity (Wildman–Crippen MR) is 209 cm³/mol. The van der Waals surface area contributed by atoms with Crippen LogP contribution >= 0.6 is 7.92 Å². The summed E-state index contributed by atoms with van der Waals surface area (Å²) >= 11 is 0. The summed E-state index contributed by atoms with van der Waals surface area (Å²) in [5, 5.41) is 0.126.